The van der Waals surface area contributed by atoms with Gasteiger partial charge in [0.1, 0.15) is 0 Å². The van der Waals surface area contributed by atoms with E-state index in [9.17, 15) is 9.90 Å². The summed E-state index contributed by atoms with van der Waals surface area (Å²) in [6.45, 7) is 1.81. The van der Waals surface area contributed by atoms with Crippen molar-refractivity contribution < 1.29 is 14.6 Å². The predicted molar refractivity (Wildman–Crippen MR) is 76.2 cm³/mol. The van der Waals surface area contributed by atoms with Gasteiger partial charge in [0.25, 0.3) is 5.91 Å². The Morgan fingerprint density at radius 2 is 2.48 bits per heavy atom. The van der Waals surface area contributed by atoms with Gasteiger partial charge in [-0.2, -0.15) is 0 Å². The molecule has 7 heteroatoms. The van der Waals surface area contributed by atoms with Crippen LogP contribution in [-0.4, -0.2) is 58.8 Å². The maximum Gasteiger partial charge on any atom is 0.287 e. The second-order valence-electron chi connectivity index (χ2n) is 5.18. The van der Waals surface area contributed by atoms with Crippen LogP contribution in [-0.2, 0) is 4.74 Å². The molecule has 1 amide bonds. The molecule has 0 bridgehead atoms. The van der Waals surface area contributed by atoms with E-state index in [-0.39, 0.29) is 19.1 Å². The molecule has 1 fully saturated rings. The van der Waals surface area contributed by atoms with Crippen LogP contribution < -0.4 is 10.6 Å². The van der Waals surface area contributed by atoms with E-state index in [1.807, 2.05) is 18.2 Å². The van der Waals surface area contributed by atoms with E-state index < -0.39 is 5.54 Å². The third kappa shape index (κ3) is 2.76. The number of rotatable bonds is 4. The highest BCUT2D eigenvalue weighted by Crippen LogP contribution is 2.09. The lowest BCUT2D eigenvalue weighted by Crippen LogP contribution is -2.62. The zero-order valence-electron chi connectivity index (χ0n) is 11.6. The molecule has 0 spiro atoms. The van der Waals surface area contributed by atoms with Crippen molar-refractivity contribution in [3.8, 4) is 0 Å². The van der Waals surface area contributed by atoms with E-state index in [2.05, 4.69) is 15.6 Å². The number of amides is 1. The average Bonchev–Trinajstić information content (AvgIpc) is 2.98. The maximum atomic E-state index is 12.3. The molecular formula is C14H18N4O3. The van der Waals surface area contributed by atoms with Crippen LogP contribution in [0.2, 0.25) is 0 Å². The lowest BCUT2D eigenvalue weighted by Gasteiger charge is -2.36. The Bertz CT molecular complexity index is 634. The summed E-state index contributed by atoms with van der Waals surface area (Å²) in [5.41, 5.74) is 0.236. The van der Waals surface area contributed by atoms with E-state index in [0.717, 1.165) is 5.52 Å². The minimum Gasteiger partial charge on any atom is -0.394 e. The van der Waals surface area contributed by atoms with Gasteiger partial charge < -0.3 is 20.5 Å². The second kappa shape index (κ2) is 5.80. The number of ether oxygens (including phenoxy) is 1. The van der Waals surface area contributed by atoms with Crippen LogP contribution in [0.15, 0.2) is 30.6 Å². The van der Waals surface area contributed by atoms with Crippen LogP contribution in [0.1, 0.15) is 10.6 Å². The van der Waals surface area contributed by atoms with Gasteiger partial charge in [-0.15, -0.1) is 0 Å². The largest absolute Gasteiger partial charge is 0.394 e. The third-order valence-electron chi connectivity index (χ3n) is 3.66. The first-order valence-electron chi connectivity index (χ1n) is 6.88. The van der Waals surface area contributed by atoms with E-state index in [1.54, 1.807) is 16.8 Å². The van der Waals surface area contributed by atoms with Gasteiger partial charge >= 0.3 is 0 Å². The minimum absolute atomic E-state index is 0.102. The molecule has 1 atom stereocenters. The molecule has 21 heavy (non-hydrogen) atoms. The Morgan fingerprint density at radius 3 is 3.24 bits per heavy atom. The number of carbonyl (C=O) groups is 1. The van der Waals surface area contributed by atoms with E-state index in [4.69, 9.17) is 4.74 Å². The lowest BCUT2D eigenvalue weighted by molar-refractivity contribution is -0.0000153. The number of nitrogens with one attached hydrogen (secondary N) is 2. The summed E-state index contributed by atoms with van der Waals surface area (Å²) < 4.78 is 7.10. The molecule has 1 aliphatic rings. The number of aliphatic hydroxyl groups is 1. The fraction of sp³-hybridized carbons (Fsp3) is 0.429. The summed E-state index contributed by atoms with van der Waals surface area (Å²) in [4.78, 5) is 16.4. The summed E-state index contributed by atoms with van der Waals surface area (Å²) in [5, 5.41) is 15.6. The zero-order valence-corrected chi connectivity index (χ0v) is 11.6. The number of aromatic nitrogens is 2. The smallest absolute Gasteiger partial charge is 0.287 e. The van der Waals surface area contributed by atoms with Crippen molar-refractivity contribution in [3.05, 3.63) is 36.4 Å². The Balaban J connectivity index is 1.71. The molecule has 3 N–H and O–H groups in total. The Hall–Kier alpha value is -1.96. The van der Waals surface area contributed by atoms with Crippen LogP contribution in [0.3, 0.4) is 0 Å². The number of nitrogens with zero attached hydrogens (tertiary/aromatic N) is 2. The first-order chi connectivity index (χ1) is 10.2. The van der Waals surface area contributed by atoms with Crippen LogP contribution in [0.25, 0.3) is 5.52 Å². The van der Waals surface area contributed by atoms with Crippen LogP contribution in [0, 0.1) is 0 Å². The molecule has 0 aliphatic carbocycles. The topological polar surface area (TPSA) is 87.9 Å². The monoisotopic (exact) mass is 290 g/mol. The number of hydrogen-bond donors (Lipinski definition) is 3. The highest BCUT2D eigenvalue weighted by atomic mass is 16.5. The van der Waals surface area contributed by atoms with Crippen molar-refractivity contribution >= 4 is 11.4 Å². The van der Waals surface area contributed by atoms with Crippen molar-refractivity contribution in [2.45, 2.75) is 5.54 Å². The summed E-state index contributed by atoms with van der Waals surface area (Å²) >= 11 is 0. The van der Waals surface area contributed by atoms with Gasteiger partial charge in [0.05, 0.1) is 37.1 Å². The average molecular weight is 290 g/mol. The fourth-order valence-corrected chi connectivity index (χ4v) is 2.42. The normalized spacial score (nSPS) is 22.3. The van der Waals surface area contributed by atoms with Gasteiger partial charge in [-0.3, -0.25) is 9.20 Å². The van der Waals surface area contributed by atoms with Crippen LogP contribution in [0.4, 0.5) is 0 Å². The van der Waals surface area contributed by atoms with Crippen molar-refractivity contribution in [1.82, 2.24) is 20.0 Å². The van der Waals surface area contributed by atoms with Gasteiger partial charge in [0.15, 0.2) is 0 Å². The maximum absolute atomic E-state index is 12.3. The number of hydrogen-bond acceptors (Lipinski definition) is 5. The molecule has 112 valence electrons. The first kappa shape index (κ1) is 14.0. The third-order valence-corrected chi connectivity index (χ3v) is 3.66. The highest BCUT2D eigenvalue weighted by Gasteiger charge is 2.32. The minimum atomic E-state index is -0.624. The van der Waals surface area contributed by atoms with Crippen molar-refractivity contribution in [1.29, 1.82) is 0 Å². The predicted octanol–water partition coefficient (Wildman–Crippen LogP) is -0.585. The molecule has 1 unspecified atom stereocenters. The molecule has 1 aliphatic heterocycles. The van der Waals surface area contributed by atoms with Crippen molar-refractivity contribution in [2.75, 3.05) is 32.9 Å². The quantitative estimate of drug-likeness (QED) is 0.701. The summed E-state index contributed by atoms with van der Waals surface area (Å²) in [7, 11) is 0. The van der Waals surface area contributed by atoms with Gasteiger partial charge in [0, 0.05) is 19.3 Å². The SMILES string of the molecule is O=C(NCC1(CO)COCCN1)c1ncc2ccccn12. The Kier molecular flexibility index (Phi) is 3.87. The lowest BCUT2D eigenvalue weighted by atomic mass is 10.0. The summed E-state index contributed by atoms with van der Waals surface area (Å²) in [6.07, 6.45) is 3.44. The number of aliphatic hydroxyl groups excluding tert-OH is 1. The molecule has 7 nitrogen and oxygen atoms in total. The molecule has 2 aromatic rings. The molecule has 0 radical (unpaired) electrons. The Labute approximate surface area is 121 Å². The molecule has 0 saturated carbocycles. The number of imidazole rings is 1. The van der Waals surface area contributed by atoms with Gasteiger partial charge in [0.2, 0.25) is 5.82 Å². The van der Waals surface area contributed by atoms with Crippen LogP contribution in [0.5, 0.6) is 0 Å². The van der Waals surface area contributed by atoms with E-state index in [1.165, 1.54) is 0 Å². The number of carbonyl (C=O) groups excluding carboxylic acids is 1. The number of fused-ring (bicyclic) bond motifs is 1. The zero-order chi connectivity index (χ0) is 14.7. The molecule has 3 heterocycles. The molecule has 2 aromatic heterocycles. The van der Waals surface area contributed by atoms with Crippen LogP contribution >= 0.6 is 0 Å². The highest BCUT2D eigenvalue weighted by molar-refractivity contribution is 5.91. The number of pyridine rings is 1. The Morgan fingerprint density at radius 1 is 1.57 bits per heavy atom. The molecule has 1 saturated heterocycles. The van der Waals surface area contributed by atoms with Crippen molar-refractivity contribution in [2.24, 2.45) is 0 Å². The number of morpholine rings is 1. The van der Waals surface area contributed by atoms with Gasteiger partial charge in [-0.25, -0.2) is 4.98 Å². The molecule has 3 rings (SSSR count). The van der Waals surface area contributed by atoms with Gasteiger partial charge in [-0.05, 0) is 12.1 Å². The standard InChI is InChI=1S/C14H18N4O3/c19-9-14(10-21-6-4-17-14)8-16-13(20)12-15-7-11-3-1-2-5-18(11)12/h1-3,5,7,17,19H,4,6,8-10H2,(H,16,20). The van der Waals surface area contributed by atoms with Crippen molar-refractivity contribution in [3.63, 3.8) is 0 Å². The van der Waals surface area contributed by atoms with E-state index in [0.29, 0.717) is 25.6 Å². The molecule has 0 aromatic carbocycles. The molecular weight excluding hydrogens is 272 g/mol. The summed E-state index contributed by atoms with van der Waals surface area (Å²) in [6, 6.07) is 5.62. The first-order valence-corrected chi connectivity index (χ1v) is 6.88. The fourth-order valence-electron chi connectivity index (χ4n) is 2.42. The van der Waals surface area contributed by atoms with E-state index >= 15 is 0 Å². The second-order valence-corrected chi connectivity index (χ2v) is 5.18. The van der Waals surface area contributed by atoms with Gasteiger partial charge in [-0.1, -0.05) is 6.07 Å². The summed E-state index contributed by atoms with van der Waals surface area (Å²) in [5.74, 6) is 0.0526.